The molecule has 1 aliphatic carbocycles. The van der Waals surface area contributed by atoms with Crippen LogP contribution in [-0.4, -0.2) is 40.5 Å². The van der Waals surface area contributed by atoms with Crippen molar-refractivity contribution in [2.45, 2.75) is 38.1 Å². The highest BCUT2D eigenvalue weighted by Gasteiger charge is 2.31. The second-order valence-electron chi connectivity index (χ2n) is 8.51. The first-order valence-corrected chi connectivity index (χ1v) is 13.1. The molecule has 1 aliphatic rings. The van der Waals surface area contributed by atoms with Crippen molar-refractivity contribution in [1.82, 2.24) is 4.90 Å². The quantitative estimate of drug-likeness (QED) is 0.291. The van der Waals surface area contributed by atoms with Crippen molar-refractivity contribution >= 4 is 63.8 Å². The molecule has 0 spiro atoms. The van der Waals surface area contributed by atoms with E-state index in [4.69, 9.17) is 23.2 Å². The van der Waals surface area contributed by atoms with Crippen LogP contribution in [0.4, 0.5) is 16.2 Å². The van der Waals surface area contributed by atoms with E-state index in [2.05, 4.69) is 10.6 Å². The van der Waals surface area contributed by atoms with E-state index in [1.165, 1.54) is 16.2 Å². The summed E-state index contributed by atoms with van der Waals surface area (Å²) in [6, 6.07) is 15.3. The lowest BCUT2D eigenvalue weighted by atomic mass is 9.94. The lowest BCUT2D eigenvalue weighted by Gasteiger charge is -2.33. The fourth-order valence-electron chi connectivity index (χ4n) is 4.31. The Labute approximate surface area is 223 Å². The van der Waals surface area contributed by atoms with Gasteiger partial charge in [0.1, 0.15) is 11.4 Å². The Morgan fingerprint density at radius 3 is 2.25 bits per heavy atom. The van der Waals surface area contributed by atoms with Gasteiger partial charge in [-0.3, -0.25) is 9.59 Å². The fourth-order valence-corrected chi connectivity index (χ4v) is 5.87. The largest absolute Gasteiger partial charge is 0.480 e. The molecule has 1 fully saturated rings. The number of nitrogens with zero attached hydrogens (tertiary/aromatic N) is 1. The summed E-state index contributed by atoms with van der Waals surface area (Å²) in [6.45, 7) is -0.400. The second-order valence-corrected chi connectivity index (χ2v) is 10.4. The lowest BCUT2D eigenvalue weighted by molar-refractivity contribution is -0.138. The van der Waals surface area contributed by atoms with Crippen molar-refractivity contribution in [2.24, 2.45) is 0 Å². The van der Waals surface area contributed by atoms with Crippen LogP contribution in [0.15, 0.2) is 54.6 Å². The Kier molecular flexibility index (Phi) is 8.51. The summed E-state index contributed by atoms with van der Waals surface area (Å²) in [6.07, 6.45) is 4.47. The number of benzene rings is 2. The van der Waals surface area contributed by atoms with Gasteiger partial charge < -0.3 is 20.6 Å². The molecular weight excluding hydrogens is 521 g/mol. The third-order valence-corrected chi connectivity index (χ3v) is 7.82. The normalized spacial score (nSPS) is 13.7. The molecule has 0 bridgehead atoms. The molecular formula is C26H25Cl2N3O4S. The topological polar surface area (TPSA) is 98.7 Å². The number of nitrogens with one attached hydrogen (secondary N) is 2. The van der Waals surface area contributed by atoms with E-state index < -0.39 is 24.5 Å². The van der Waals surface area contributed by atoms with Crippen molar-refractivity contribution in [1.29, 1.82) is 0 Å². The van der Waals surface area contributed by atoms with Gasteiger partial charge in [0.2, 0.25) is 0 Å². The molecule has 4 rings (SSSR count). The molecule has 1 heterocycles. The van der Waals surface area contributed by atoms with Crippen LogP contribution < -0.4 is 10.6 Å². The molecule has 0 radical (unpaired) electrons. The highest BCUT2D eigenvalue weighted by molar-refractivity contribution is 7.18. The third kappa shape index (κ3) is 6.19. The molecule has 0 saturated heterocycles. The van der Waals surface area contributed by atoms with Crippen LogP contribution in [0.3, 0.4) is 0 Å². The zero-order valence-corrected chi connectivity index (χ0v) is 21.6. The Bertz CT molecular complexity index is 1240. The Morgan fingerprint density at radius 1 is 0.944 bits per heavy atom. The van der Waals surface area contributed by atoms with Crippen LogP contribution in [0.2, 0.25) is 10.0 Å². The van der Waals surface area contributed by atoms with Gasteiger partial charge in [-0.25, -0.2) is 4.79 Å². The maximum Gasteiger partial charge on any atom is 0.323 e. The molecule has 7 nitrogen and oxygen atoms in total. The second kappa shape index (κ2) is 11.8. The highest BCUT2D eigenvalue weighted by atomic mass is 35.5. The molecule has 1 saturated carbocycles. The van der Waals surface area contributed by atoms with E-state index >= 15 is 0 Å². The summed E-state index contributed by atoms with van der Waals surface area (Å²) in [5.74, 6) is -1.49. The number of para-hydroxylation sites is 1. The monoisotopic (exact) mass is 545 g/mol. The smallest absolute Gasteiger partial charge is 0.323 e. The van der Waals surface area contributed by atoms with E-state index in [0.717, 1.165) is 42.5 Å². The predicted molar refractivity (Wildman–Crippen MR) is 144 cm³/mol. The number of anilines is 2. The van der Waals surface area contributed by atoms with E-state index in [9.17, 15) is 19.5 Å². The van der Waals surface area contributed by atoms with Crippen molar-refractivity contribution < 1.29 is 19.5 Å². The van der Waals surface area contributed by atoms with Crippen LogP contribution in [0, 0.1) is 0 Å². The number of hydrogen-bond acceptors (Lipinski definition) is 4. The molecule has 10 heteroatoms. The van der Waals surface area contributed by atoms with Gasteiger partial charge in [-0.15, -0.1) is 11.3 Å². The molecule has 0 atom stereocenters. The maximum absolute atomic E-state index is 13.8. The highest BCUT2D eigenvalue weighted by Crippen LogP contribution is 2.37. The van der Waals surface area contributed by atoms with E-state index in [0.29, 0.717) is 0 Å². The standard InChI is InChI=1S/C26H25Cl2N3O4S/c27-18-12-7-13-19(28)23(18)30-26(35)29-20-14-21(16-8-3-1-4-9-16)36-24(20)25(34)31(15-22(32)33)17-10-5-2-6-11-17/h1,3-4,7-9,12-14,17H,2,5-6,10-11,15H2,(H,32,33)(H2,29,30,35). The van der Waals surface area contributed by atoms with Crippen LogP contribution in [0.25, 0.3) is 10.4 Å². The van der Waals surface area contributed by atoms with E-state index in [1.807, 2.05) is 30.3 Å². The molecule has 0 unspecified atom stereocenters. The van der Waals surface area contributed by atoms with Gasteiger partial charge in [0.05, 0.1) is 21.4 Å². The fraction of sp³-hybridized carbons (Fsp3) is 0.269. The Hall–Kier alpha value is -3.07. The van der Waals surface area contributed by atoms with Crippen molar-refractivity contribution in [3.8, 4) is 10.4 Å². The minimum atomic E-state index is -1.07. The summed E-state index contributed by atoms with van der Waals surface area (Å²) in [5.41, 5.74) is 1.41. The van der Waals surface area contributed by atoms with Crippen LogP contribution >= 0.6 is 34.5 Å². The zero-order valence-electron chi connectivity index (χ0n) is 19.3. The van der Waals surface area contributed by atoms with Gasteiger partial charge in [-0.1, -0.05) is 78.9 Å². The molecule has 3 amide bonds. The third-order valence-electron chi connectivity index (χ3n) is 6.02. The van der Waals surface area contributed by atoms with Gasteiger partial charge in [0.25, 0.3) is 5.91 Å². The molecule has 36 heavy (non-hydrogen) atoms. The number of rotatable bonds is 7. The summed E-state index contributed by atoms with van der Waals surface area (Å²) < 4.78 is 0. The number of amides is 3. The Morgan fingerprint density at radius 2 is 1.61 bits per heavy atom. The molecule has 3 N–H and O–H groups in total. The zero-order chi connectivity index (χ0) is 25.7. The summed E-state index contributed by atoms with van der Waals surface area (Å²) in [5, 5.41) is 15.5. The van der Waals surface area contributed by atoms with E-state index in [1.54, 1.807) is 24.3 Å². The minimum absolute atomic E-state index is 0.159. The van der Waals surface area contributed by atoms with Gasteiger partial charge in [-0.05, 0) is 36.6 Å². The first kappa shape index (κ1) is 26.0. The number of thiophene rings is 1. The van der Waals surface area contributed by atoms with Crippen molar-refractivity contribution in [3.05, 3.63) is 69.5 Å². The summed E-state index contributed by atoms with van der Waals surface area (Å²) >= 11 is 13.6. The summed E-state index contributed by atoms with van der Waals surface area (Å²) in [7, 11) is 0. The summed E-state index contributed by atoms with van der Waals surface area (Å²) in [4.78, 5) is 40.8. The molecule has 0 aliphatic heterocycles. The first-order valence-electron chi connectivity index (χ1n) is 11.6. The lowest BCUT2D eigenvalue weighted by Crippen LogP contribution is -2.44. The van der Waals surface area contributed by atoms with Gasteiger partial charge in [0.15, 0.2) is 0 Å². The average Bonchev–Trinajstić information content (AvgIpc) is 3.29. The molecule has 188 valence electrons. The number of carboxylic acids is 1. The number of hydrogen-bond donors (Lipinski definition) is 3. The first-order chi connectivity index (χ1) is 17.3. The molecule has 2 aromatic carbocycles. The molecule has 1 aromatic heterocycles. The average molecular weight is 546 g/mol. The number of carboxylic acid groups (broad SMARTS) is 1. The van der Waals surface area contributed by atoms with Crippen LogP contribution in [0.5, 0.6) is 0 Å². The Balaban J connectivity index is 1.67. The van der Waals surface area contributed by atoms with Crippen molar-refractivity contribution in [2.75, 3.05) is 17.2 Å². The molecule has 3 aromatic rings. The maximum atomic E-state index is 13.8. The van der Waals surface area contributed by atoms with Crippen LogP contribution in [0.1, 0.15) is 41.8 Å². The number of carbonyl (C=O) groups is 3. The van der Waals surface area contributed by atoms with Gasteiger partial charge >= 0.3 is 12.0 Å². The number of carbonyl (C=O) groups excluding carboxylic acids is 2. The minimum Gasteiger partial charge on any atom is -0.480 e. The van der Waals surface area contributed by atoms with Gasteiger partial charge in [-0.2, -0.15) is 0 Å². The number of urea groups is 1. The van der Waals surface area contributed by atoms with Crippen molar-refractivity contribution in [3.63, 3.8) is 0 Å². The number of aliphatic carboxylic acids is 1. The number of halogens is 2. The predicted octanol–water partition coefficient (Wildman–Crippen LogP) is 7.23. The van der Waals surface area contributed by atoms with Crippen LogP contribution in [-0.2, 0) is 4.79 Å². The van der Waals surface area contributed by atoms with Gasteiger partial charge in [0, 0.05) is 10.9 Å². The SMILES string of the molecule is O=C(O)CN(C(=O)c1sc(-c2ccccc2)cc1NC(=O)Nc1c(Cl)cccc1Cl)C1CCCCC1. The van der Waals surface area contributed by atoms with E-state index in [-0.39, 0.29) is 32.3 Å².